The molecule has 1 heterocycles. The largest absolute Gasteiger partial charge is 0.484 e. The molecule has 2 aromatic carbocycles. The number of amides is 1. The van der Waals surface area contributed by atoms with E-state index in [4.69, 9.17) is 4.74 Å². The number of nitrogens with one attached hydrogen (secondary N) is 1. The van der Waals surface area contributed by atoms with Gasteiger partial charge in [-0.15, -0.1) is 0 Å². The molecule has 4 nitrogen and oxygen atoms in total. The fourth-order valence-corrected chi connectivity index (χ4v) is 3.52. The second-order valence-electron chi connectivity index (χ2n) is 5.13. The monoisotopic (exact) mass is 496 g/mol. The van der Waals surface area contributed by atoms with Crippen LogP contribution in [0.25, 0.3) is 10.2 Å². The standard InChI is InChI=1S/C16H9F4IN2O2S/c17-8-1-3-11(21)10(5-8)14(24)23-15-22-12-4-2-9(6-13(12)26-15)25-7-16(18,19)20/h1-6H,7H2,(H,22,23,24). The first-order valence-corrected chi connectivity index (χ1v) is 8.97. The molecule has 0 atom stereocenters. The van der Waals surface area contributed by atoms with Gasteiger partial charge in [-0.25, -0.2) is 9.37 Å². The Morgan fingerprint density at radius 2 is 2.00 bits per heavy atom. The van der Waals surface area contributed by atoms with Gasteiger partial charge in [-0.3, -0.25) is 10.1 Å². The maximum absolute atomic E-state index is 13.3. The van der Waals surface area contributed by atoms with Crippen molar-refractivity contribution in [3.8, 4) is 5.75 Å². The van der Waals surface area contributed by atoms with Crippen LogP contribution < -0.4 is 10.1 Å². The van der Waals surface area contributed by atoms with Gasteiger partial charge < -0.3 is 4.74 Å². The summed E-state index contributed by atoms with van der Waals surface area (Å²) < 4.78 is 55.8. The van der Waals surface area contributed by atoms with E-state index in [1.165, 1.54) is 30.3 Å². The number of carbonyl (C=O) groups excluding carboxylic acids is 1. The lowest BCUT2D eigenvalue weighted by Crippen LogP contribution is -2.19. The van der Waals surface area contributed by atoms with Crippen molar-refractivity contribution in [2.75, 3.05) is 11.9 Å². The fourth-order valence-electron chi connectivity index (χ4n) is 2.05. The van der Waals surface area contributed by atoms with Gasteiger partial charge in [0.2, 0.25) is 0 Å². The summed E-state index contributed by atoms with van der Waals surface area (Å²) in [6.07, 6.45) is -4.43. The Kier molecular flexibility index (Phi) is 5.32. The second kappa shape index (κ2) is 7.35. The third-order valence-corrected chi connectivity index (χ3v) is 5.03. The number of ether oxygens (including phenoxy) is 1. The van der Waals surface area contributed by atoms with Crippen LogP contribution in [0, 0.1) is 9.39 Å². The normalized spacial score (nSPS) is 11.6. The molecule has 0 spiro atoms. The number of hydrogen-bond acceptors (Lipinski definition) is 4. The molecule has 0 aliphatic carbocycles. The zero-order chi connectivity index (χ0) is 18.9. The van der Waals surface area contributed by atoms with E-state index in [0.29, 0.717) is 13.8 Å². The van der Waals surface area contributed by atoms with E-state index in [9.17, 15) is 22.4 Å². The molecule has 0 unspecified atom stereocenters. The summed E-state index contributed by atoms with van der Waals surface area (Å²) in [5.74, 6) is -1.01. The molecule has 3 rings (SSSR count). The Morgan fingerprint density at radius 1 is 1.23 bits per heavy atom. The maximum Gasteiger partial charge on any atom is 0.422 e. The van der Waals surface area contributed by atoms with Crippen molar-refractivity contribution >= 4 is 55.2 Å². The number of benzene rings is 2. The van der Waals surface area contributed by atoms with Crippen LogP contribution in [-0.2, 0) is 0 Å². The molecule has 1 aromatic heterocycles. The highest BCUT2D eigenvalue weighted by molar-refractivity contribution is 14.1. The van der Waals surface area contributed by atoms with Gasteiger partial charge in [0.05, 0.1) is 15.8 Å². The Hall–Kier alpha value is -1.95. The van der Waals surface area contributed by atoms with E-state index in [1.807, 2.05) is 22.6 Å². The minimum Gasteiger partial charge on any atom is -0.484 e. The van der Waals surface area contributed by atoms with E-state index in [1.54, 1.807) is 0 Å². The van der Waals surface area contributed by atoms with Crippen molar-refractivity contribution in [2.24, 2.45) is 0 Å². The molecule has 136 valence electrons. The number of anilines is 1. The van der Waals surface area contributed by atoms with Crippen molar-refractivity contribution in [3.05, 3.63) is 51.3 Å². The first-order chi connectivity index (χ1) is 12.2. The number of alkyl halides is 3. The number of thiazole rings is 1. The molecule has 1 amide bonds. The SMILES string of the molecule is O=C(Nc1nc2ccc(OCC(F)(F)F)cc2s1)c1cc(F)ccc1I. The van der Waals surface area contributed by atoms with Crippen molar-refractivity contribution in [1.29, 1.82) is 0 Å². The number of halogens is 5. The topological polar surface area (TPSA) is 51.2 Å². The van der Waals surface area contributed by atoms with E-state index in [-0.39, 0.29) is 16.4 Å². The average molecular weight is 496 g/mol. The number of fused-ring (bicyclic) bond motifs is 1. The number of hydrogen-bond donors (Lipinski definition) is 1. The molecule has 0 bridgehead atoms. The van der Waals surface area contributed by atoms with E-state index in [2.05, 4.69) is 10.3 Å². The highest BCUT2D eigenvalue weighted by Gasteiger charge is 2.28. The number of carbonyl (C=O) groups is 1. The fraction of sp³-hybridized carbons (Fsp3) is 0.125. The summed E-state index contributed by atoms with van der Waals surface area (Å²) in [5, 5.41) is 2.82. The predicted molar refractivity (Wildman–Crippen MR) is 98.2 cm³/mol. The van der Waals surface area contributed by atoms with Gasteiger partial charge in [0.1, 0.15) is 11.6 Å². The Bertz CT molecular complexity index is 975. The smallest absolute Gasteiger partial charge is 0.422 e. The number of rotatable bonds is 4. The van der Waals surface area contributed by atoms with Crippen LogP contribution in [-0.4, -0.2) is 23.7 Å². The van der Waals surface area contributed by atoms with Gasteiger partial charge in [0, 0.05) is 3.57 Å². The van der Waals surface area contributed by atoms with E-state index < -0.39 is 24.5 Å². The predicted octanol–water partition coefficient (Wildman–Crippen LogP) is 5.23. The van der Waals surface area contributed by atoms with Crippen molar-refractivity contribution < 1.29 is 27.1 Å². The quantitative estimate of drug-likeness (QED) is 0.398. The number of nitrogens with zero attached hydrogens (tertiary/aromatic N) is 1. The third kappa shape index (κ3) is 4.61. The number of aromatic nitrogens is 1. The Morgan fingerprint density at radius 3 is 2.73 bits per heavy atom. The van der Waals surface area contributed by atoms with Crippen LogP contribution in [0.3, 0.4) is 0 Å². The van der Waals surface area contributed by atoms with Gasteiger partial charge in [-0.1, -0.05) is 11.3 Å². The molecular formula is C16H9F4IN2O2S. The van der Waals surface area contributed by atoms with Gasteiger partial charge in [-0.05, 0) is 59.0 Å². The van der Waals surface area contributed by atoms with E-state index >= 15 is 0 Å². The Balaban J connectivity index is 1.78. The van der Waals surface area contributed by atoms with Crippen LogP contribution in [0.1, 0.15) is 10.4 Å². The molecule has 0 radical (unpaired) electrons. The summed E-state index contributed by atoms with van der Waals surface area (Å²) in [6.45, 7) is -1.39. The second-order valence-corrected chi connectivity index (χ2v) is 7.32. The van der Waals surface area contributed by atoms with Crippen molar-refractivity contribution in [2.45, 2.75) is 6.18 Å². The van der Waals surface area contributed by atoms with Crippen LogP contribution in [0.2, 0.25) is 0 Å². The van der Waals surface area contributed by atoms with Gasteiger partial charge in [0.15, 0.2) is 11.7 Å². The summed E-state index contributed by atoms with van der Waals surface area (Å²) in [4.78, 5) is 16.5. The Labute approximate surface area is 162 Å². The van der Waals surface area contributed by atoms with Gasteiger partial charge in [-0.2, -0.15) is 13.2 Å². The first kappa shape index (κ1) is 18.8. The third-order valence-electron chi connectivity index (χ3n) is 3.16. The highest BCUT2D eigenvalue weighted by atomic mass is 127. The molecular weight excluding hydrogens is 487 g/mol. The molecule has 1 N–H and O–H groups in total. The van der Waals surface area contributed by atoms with Gasteiger partial charge >= 0.3 is 6.18 Å². The molecule has 10 heteroatoms. The molecule has 0 aliphatic heterocycles. The maximum atomic E-state index is 13.3. The van der Waals surface area contributed by atoms with Crippen LogP contribution in [0.5, 0.6) is 5.75 Å². The van der Waals surface area contributed by atoms with Crippen molar-refractivity contribution in [1.82, 2.24) is 4.98 Å². The van der Waals surface area contributed by atoms with E-state index in [0.717, 1.165) is 17.4 Å². The zero-order valence-corrected chi connectivity index (χ0v) is 15.7. The van der Waals surface area contributed by atoms with Crippen molar-refractivity contribution in [3.63, 3.8) is 0 Å². The molecule has 26 heavy (non-hydrogen) atoms. The zero-order valence-electron chi connectivity index (χ0n) is 12.7. The molecule has 0 saturated carbocycles. The molecule has 0 saturated heterocycles. The van der Waals surface area contributed by atoms with Crippen LogP contribution in [0.15, 0.2) is 36.4 Å². The average Bonchev–Trinajstić information content (AvgIpc) is 2.95. The lowest BCUT2D eigenvalue weighted by molar-refractivity contribution is -0.153. The first-order valence-electron chi connectivity index (χ1n) is 7.08. The van der Waals surface area contributed by atoms with Crippen LogP contribution >= 0.6 is 33.9 Å². The summed E-state index contributed by atoms with van der Waals surface area (Å²) in [5.41, 5.74) is 0.664. The highest BCUT2D eigenvalue weighted by Crippen LogP contribution is 2.30. The minimum atomic E-state index is -4.43. The summed E-state index contributed by atoms with van der Waals surface area (Å²) in [6, 6.07) is 8.13. The van der Waals surface area contributed by atoms with Gasteiger partial charge in [0.25, 0.3) is 5.91 Å². The lowest BCUT2D eigenvalue weighted by atomic mass is 10.2. The van der Waals surface area contributed by atoms with Crippen LogP contribution in [0.4, 0.5) is 22.7 Å². The lowest BCUT2D eigenvalue weighted by Gasteiger charge is -2.08. The minimum absolute atomic E-state index is 0.0519. The molecule has 0 aliphatic rings. The summed E-state index contributed by atoms with van der Waals surface area (Å²) in [7, 11) is 0. The summed E-state index contributed by atoms with van der Waals surface area (Å²) >= 11 is 2.99. The molecule has 3 aromatic rings. The molecule has 0 fully saturated rings.